The number of hydrogen-bond donors (Lipinski definition) is 0. The molecular formula is C30H31FO8S. The van der Waals surface area contributed by atoms with Crippen molar-refractivity contribution in [3.8, 4) is 28.7 Å². The summed E-state index contributed by atoms with van der Waals surface area (Å²) in [6.07, 6.45) is 2.57. The van der Waals surface area contributed by atoms with Crippen LogP contribution in [-0.2, 0) is 25.8 Å². The fourth-order valence-corrected chi connectivity index (χ4v) is 5.69. The van der Waals surface area contributed by atoms with Crippen LogP contribution in [0.2, 0.25) is 0 Å². The van der Waals surface area contributed by atoms with Crippen molar-refractivity contribution < 1.29 is 41.3 Å². The first kappa shape index (κ1) is 27.8. The minimum absolute atomic E-state index is 0.0682. The maximum Gasteiger partial charge on any atom is 0.306 e. The molecule has 3 aromatic rings. The number of benzene rings is 3. The van der Waals surface area contributed by atoms with Gasteiger partial charge in [0, 0.05) is 34.9 Å². The molecule has 0 radical (unpaired) electrons. The van der Waals surface area contributed by atoms with Crippen LogP contribution in [0.15, 0.2) is 54.6 Å². The minimum atomic E-state index is -3.01. The van der Waals surface area contributed by atoms with Crippen LogP contribution in [-0.4, -0.2) is 46.7 Å². The molecule has 0 bridgehead atoms. The van der Waals surface area contributed by atoms with Crippen molar-refractivity contribution in [2.45, 2.75) is 37.7 Å². The lowest BCUT2D eigenvalue weighted by Crippen LogP contribution is -2.09. The monoisotopic (exact) mass is 570 g/mol. The van der Waals surface area contributed by atoms with Gasteiger partial charge < -0.3 is 23.7 Å². The first-order valence-electron chi connectivity index (χ1n) is 13.1. The highest BCUT2D eigenvalue weighted by Gasteiger charge is 2.32. The third kappa shape index (κ3) is 6.50. The predicted molar refractivity (Wildman–Crippen MR) is 146 cm³/mol. The molecule has 1 aliphatic carbocycles. The Morgan fingerprint density at radius 2 is 1.80 bits per heavy atom. The van der Waals surface area contributed by atoms with Gasteiger partial charge in [0.2, 0.25) is 0 Å². The summed E-state index contributed by atoms with van der Waals surface area (Å²) >= 11 is 0. The van der Waals surface area contributed by atoms with E-state index in [-0.39, 0.29) is 29.9 Å². The molecule has 1 aliphatic heterocycles. The SMILES string of the molecule is COC(=O)C[C@@H]1COc2cc(O[C@@H]3CCc4c(Oc5ccc(OCCCS(C)(=O)=O)cc5)ccc(F)c43)ccc21. The molecule has 40 heavy (non-hydrogen) atoms. The molecule has 3 aromatic carbocycles. The van der Waals surface area contributed by atoms with E-state index in [4.69, 9.17) is 23.7 Å². The van der Waals surface area contributed by atoms with E-state index in [0.717, 1.165) is 11.1 Å². The third-order valence-corrected chi connectivity index (χ3v) is 8.03. The molecule has 2 atom stereocenters. The normalized spacial score (nSPS) is 17.5. The second kappa shape index (κ2) is 11.8. The highest BCUT2D eigenvalue weighted by Crippen LogP contribution is 2.44. The average molecular weight is 571 g/mol. The number of ether oxygens (including phenoxy) is 5. The summed E-state index contributed by atoms with van der Waals surface area (Å²) in [5.41, 5.74) is 2.17. The van der Waals surface area contributed by atoms with Crippen LogP contribution in [0, 0.1) is 5.82 Å². The molecule has 0 fully saturated rings. The highest BCUT2D eigenvalue weighted by molar-refractivity contribution is 7.90. The number of carbonyl (C=O) groups excluding carboxylic acids is 1. The number of sulfone groups is 1. The van der Waals surface area contributed by atoms with Crippen molar-refractivity contribution in [1.82, 2.24) is 0 Å². The summed E-state index contributed by atoms with van der Waals surface area (Å²) in [6, 6.07) is 15.5. The quantitative estimate of drug-likeness (QED) is 0.219. The Morgan fingerprint density at radius 1 is 1.05 bits per heavy atom. The molecule has 0 unspecified atom stereocenters. The maximum absolute atomic E-state index is 15.0. The maximum atomic E-state index is 15.0. The minimum Gasteiger partial charge on any atom is -0.494 e. The first-order valence-corrected chi connectivity index (χ1v) is 15.2. The number of fused-ring (bicyclic) bond motifs is 2. The van der Waals surface area contributed by atoms with Gasteiger partial charge in [0.25, 0.3) is 0 Å². The van der Waals surface area contributed by atoms with Gasteiger partial charge in [0.15, 0.2) is 0 Å². The molecule has 8 nitrogen and oxygen atoms in total. The van der Waals surface area contributed by atoms with E-state index in [1.807, 2.05) is 12.1 Å². The Labute approximate surface area is 232 Å². The van der Waals surface area contributed by atoms with Crippen molar-refractivity contribution >= 4 is 15.8 Å². The van der Waals surface area contributed by atoms with Gasteiger partial charge in [-0.3, -0.25) is 4.79 Å². The summed E-state index contributed by atoms with van der Waals surface area (Å²) in [7, 11) is -1.65. The van der Waals surface area contributed by atoms with Gasteiger partial charge >= 0.3 is 5.97 Å². The zero-order valence-corrected chi connectivity index (χ0v) is 23.2. The molecule has 0 aromatic heterocycles. The zero-order chi connectivity index (χ0) is 28.3. The van der Waals surface area contributed by atoms with E-state index in [9.17, 15) is 13.2 Å². The van der Waals surface area contributed by atoms with E-state index in [1.54, 1.807) is 36.4 Å². The van der Waals surface area contributed by atoms with Gasteiger partial charge in [0.1, 0.15) is 50.5 Å². The summed E-state index contributed by atoms with van der Waals surface area (Å²) in [5, 5.41) is 0. The summed E-state index contributed by atoms with van der Waals surface area (Å²) in [4.78, 5) is 11.7. The van der Waals surface area contributed by atoms with Crippen LogP contribution in [0.1, 0.15) is 48.0 Å². The fraction of sp³-hybridized carbons (Fsp3) is 0.367. The molecule has 212 valence electrons. The van der Waals surface area contributed by atoms with Gasteiger partial charge in [-0.25, -0.2) is 12.8 Å². The largest absolute Gasteiger partial charge is 0.494 e. The van der Waals surface area contributed by atoms with Crippen molar-refractivity contribution in [3.63, 3.8) is 0 Å². The lowest BCUT2D eigenvalue weighted by Gasteiger charge is -2.17. The van der Waals surface area contributed by atoms with Crippen LogP contribution in [0.5, 0.6) is 28.7 Å². The Hall–Kier alpha value is -3.79. The number of methoxy groups -OCH3 is 1. The van der Waals surface area contributed by atoms with Crippen molar-refractivity contribution in [3.05, 3.63) is 77.1 Å². The van der Waals surface area contributed by atoms with E-state index in [1.165, 1.54) is 19.4 Å². The Morgan fingerprint density at radius 3 is 2.55 bits per heavy atom. The molecule has 1 heterocycles. The molecule has 2 aliphatic rings. The van der Waals surface area contributed by atoms with Crippen LogP contribution in [0.4, 0.5) is 4.39 Å². The Balaban J connectivity index is 1.24. The Bertz CT molecular complexity index is 1490. The fourth-order valence-electron chi connectivity index (χ4n) is 5.05. The molecule has 10 heteroatoms. The second-order valence-corrected chi connectivity index (χ2v) is 12.2. The van der Waals surface area contributed by atoms with Crippen molar-refractivity contribution in [2.75, 3.05) is 32.3 Å². The number of hydrogen-bond acceptors (Lipinski definition) is 8. The van der Waals surface area contributed by atoms with Crippen LogP contribution in [0.3, 0.4) is 0 Å². The standard InChI is InChI=1S/C30H31FO8S/c1-35-29(32)16-19-18-37-28-17-22(8-9-23(19)28)39-27-12-10-24-26(13-11-25(31)30(24)27)38-21-6-4-20(5-7-21)36-14-3-15-40(2,33)34/h4-9,11,13,17,19,27H,3,10,12,14-16,18H2,1-2H3/t19-,27-/m1/s1. The number of rotatable bonds is 11. The van der Waals surface area contributed by atoms with E-state index < -0.39 is 15.9 Å². The average Bonchev–Trinajstić information content (AvgIpc) is 3.53. The van der Waals surface area contributed by atoms with Crippen molar-refractivity contribution in [2.24, 2.45) is 0 Å². The smallest absolute Gasteiger partial charge is 0.306 e. The van der Waals surface area contributed by atoms with Gasteiger partial charge in [-0.05, 0) is 61.7 Å². The van der Waals surface area contributed by atoms with Gasteiger partial charge in [-0.1, -0.05) is 6.07 Å². The zero-order valence-electron chi connectivity index (χ0n) is 22.4. The first-order chi connectivity index (χ1) is 19.2. The molecule has 0 saturated heterocycles. The van der Waals surface area contributed by atoms with E-state index in [0.29, 0.717) is 66.8 Å². The molecule has 0 amide bonds. The van der Waals surface area contributed by atoms with Crippen LogP contribution in [0.25, 0.3) is 0 Å². The van der Waals surface area contributed by atoms with Crippen LogP contribution >= 0.6 is 0 Å². The molecular weight excluding hydrogens is 539 g/mol. The van der Waals surface area contributed by atoms with Gasteiger partial charge in [-0.15, -0.1) is 0 Å². The topological polar surface area (TPSA) is 97.4 Å². The summed E-state index contributed by atoms with van der Waals surface area (Å²) < 4.78 is 66.0. The Kier molecular flexibility index (Phi) is 8.16. The van der Waals surface area contributed by atoms with Gasteiger partial charge in [0.05, 0.1) is 32.5 Å². The lowest BCUT2D eigenvalue weighted by atomic mass is 9.98. The number of carbonyl (C=O) groups is 1. The second-order valence-electron chi connectivity index (χ2n) is 9.98. The number of esters is 1. The predicted octanol–water partition coefficient (Wildman–Crippen LogP) is 5.54. The van der Waals surface area contributed by atoms with E-state index in [2.05, 4.69) is 0 Å². The van der Waals surface area contributed by atoms with Crippen molar-refractivity contribution in [1.29, 1.82) is 0 Å². The molecule has 5 rings (SSSR count). The van der Waals surface area contributed by atoms with Gasteiger partial charge in [-0.2, -0.15) is 0 Å². The molecule has 0 N–H and O–H groups in total. The number of halogens is 1. The molecule has 0 spiro atoms. The highest BCUT2D eigenvalue weighted by atomic mass is 32.2. The summed E-state index contributed by atoms with van der Waals surface area (Å²) in [5.74, 6) is 2.33. The van der Waals surface area contributed by atoms with Crippen LogP contribution < -0.4 is 18.9 Å². The third-order valence-electron chi connectivity index (χ3n) is 7.00. The van der Waals surface area contributed by atoms with E-state index >= 15 is 4.39 Å². The molecule has 0 saturated carbocycles. The lowest BCUT2D eigenvalue weighted by molar-refractivity contribution is -0.141. The summed E-state index contributed by atoms with van der Waals surface area (Å²) in [6.45, 7) is 0.691.